The largest absolute Gasteiger partial charge is 0.335 e. The number of nitrogens with zero attached hydrogens (tertiary/aromatic N) is 1. The van der Waals surface area contributed by atoms with Crippen molar-refractivity contribution >= 4 is 17.5 Å². The number of carbonyl (C=O) groups excluding carboxylic acids is 2. The Morgan fingerprint density at radius 1 is 1.32 bits per heavy atom. The summed E-state index contributed by atoms with van der Waals surface area (Å²) in [5, 5.41) is 5.62. The number of anilines is 1. The number of hydrogen-bond acceptors (Lipinski definition) is 3. The quantitative estimate of drug-likeness (QED) is 0.565. The first-order valence-electron chi connectivity index (χ1n) is 6.04. The average molecular weight is 261 g/mol. The van der Waals surface area contributed by atoms with Gasteiger partial charge in [0.2, 0.25) is 11.8 Å². The molecule has 0 saturated carbocycles. The summed E-state index contributed by atoms with van der Waals surface area (Å²) in [5.41, 5.74) is 0.720. The number of carbonyl (C=O) groups is 2. The van der Waals surface area contributed by atoms with Crippen molar-refractivity contribution < 1.29 is 9.59 Å². The Hall–Kier alpha value is -2.14. The molecule has 1 rings (SSSR count). The van der Waals surface area contributed by atoms with E-state index in [-0.39, 0.29) is 24.9 Å². The van der Waals surface area contributed by atoms with E-state index >= 15 is 0 Å². The molecule has 0 fully saturated rings. The lowest BCUT2D eigenvalue weighted by molar-refractivity contribution is -0.132. The fraction of sp³-hybridized carbons (Fsp3) is 0.286. The maximum absolute atomic E-state index is 11.7. The van der Waals surface area contributed by atoms with Crippen molar-refractivity contribution in [2.24, 2.45) is 0 Å². The van der Waals surface area contributed by atoms with Crippen LogP contribution in [0, 0.1) is 0 Å². The predicted molar refractivity (Wildman–Crippen MR) is 75.8 cm³/mol. The number of hydrogen-bond donors (Lipinski definition) is 2. The second-order valence-corrected chi connectivity index (χ2v) is 4.08. The smallest absolute Gasteiger partial charge is 0.243 e. The van der Waals surface area contributed by atoms with Crippen molar-refractivity contribution in [2.45, 2.75) is 0 Å². The molecule has 5 heteroatoms. The Kier molecular flexibility index (Phi) is 6.32. The van der Waals surface area contributed by atoms with Crippen LogP contribution >= 0.6 is 0 Å². The van der Waals surface area contributed by atoms with Gasteiger partial charge in [-0.3, -0.25) is 9.59 Å². The molecule has 0 unspecified atom stereocenters. The molecule has 19 heavy (non-hydrogen) atoms. The Bertz CT molecular complexity index is 432. The van der Waals surface area contributed by atoms with Crippen LogP contribution < -0.4 is 10.6 Å². The van der Waals surface area contributed by atoms with Gasteiger partial charge in [0.25, 0.3) is 0 Å². The van der Waals surface area contributed by atoms with E-state index in [2.05, 4.69) is 17.2 Å². The minimum Gasteiger partial charge on any atom is -0.335 e. The fourth-order valence-corrected chi connectivity index (χ4v) is 1.44. The van der Waals surface area contributed by atoms with Gasteiger partial charge >= 0.3 is 0 Å². The minimum atomic E-state index is -0.217. The van der Waals surface area contributed by atoms with Gasteiger partial charge in [-0.15, -0.1) is 6.58 Å². The number of likely N-dealkylation sites (N-methyl/N-ethyl adjacent to an activating group) is 1. The van der Waals surface area contributed by atoms with Gasteiger partial charge in [-0.1, -0.05) is 24.3 Å². The molecular weight excluding hydrogens is 242 g/mol. The standard InChI is InChI=1S/C14H19N3O2/c1-3-9-15-10-14(19)17(2)11-13(18)16-12-7-5-4-6-8-12/h3-8,15H,1,9-11H2,2H3,(H,16,18). The first-order chi connectivity index (χ1) is 9.13. The highest BCUT2D eigenvalue weighted by Gasteiger charge is 2.12. The molecule has 0 radical (unpaired) electrons. The SMILES string of the molecule is C=CCNCC(=O)N(C)CC(=O)Nc1ccccc1. The van der Waals surface area contributed by atoms with Crippen LogP contribution in [-0.4, -0.2) is 43.4 Å². The first kappa shape index (κ1) is 14.9. The van der Waals surface area contributed by atoms with E-state index in [9.17, 15) is 9.59 Å². The van der Waals surface area contributed by atoms with E-state index in [0.717, 1.165) is 5.69 Å². The number of amides is 2. The zero-order valence-corrected chi connectivity index (χ0v) is 11.1. The summed E-state index contributed by atoms with van der Waals surface area (Å²) < 4.78 is 0. The Labute approximate surface area is 113 Å². The fourth-order valence-electron chi connectivity index (χ4n) is 1.44. The molecule has 5 nitrogen and oxygen atoms in total. The minimum absolute atomic E-state index is 0.0312. The molecule has 1 aromatic rings. The van der Waals surface area contributed by atoms with Crippen LogP contribution in [0.1, 0.15) is 0 Å². The van der Waals surface area contributed by atoms with E-state index in [1.54, 1.807) is 25.3 Å². The Balaban J connectivity index is 2.35. The third-order valence-corrected chi connectivity index (χ3v) is 2.43. The summed E-state index contributed by atoms with van der Waals surface area (Å²) in [6.07, 6.45) is 1.68. The van der Waals surface area contributed by atoms with E-state index in [4.69, 9.17) is 0 Å². The molecular formula is C14H19N3O2. The Morgan fingerprint density at radius 2 is 2.00 bits per heavy atom. The molecule has 0 bridgehead atoms. The number of nitrogens with one attached hydrogen (secondary N) is 2. The Morgan fingerprint density at radius 3 is 2.63 bits per heavy atom. The van der Waals surface area contributed by atoms with Gasteiger partial charge in [-0.2, -0.15) is 0 Å². The highest BCUT2D eigenvalue weighted by atomic mass is 16.2. The third kappa shape index (κ3) is 5.83. The molecule has 0 aromatic heterocycles. The number of para-hydroxylation sites is 1. The molecule has 0 aliphatic rings. The van der Waals surface area contributed by atoms with Gasteiger partial charge < -0.3 is 15.5 Å². The normalized spacial score (nSPS) is 9.74. The van der Waals surface area contributed by atoms with Crippen LogP contribution in [-0.2, 0) is 9.59 Å². The number of benzene rings is 1. The summed E-state index contributed by atoms with van der Waals surface area (Å²) in [7, 11) is 1.60. The lowest BCUT2D eigenvalue weighted by Crippen LogP contribution is -2.40. The van der Waals surface area contributed by atoms with E-state index in [1.807, 2.05) is 18.2 Å². The summed E-state index contributed by atoms with van der Waals surface area (Å²) in [4.78, 5) is 24.8. The first-order valence-corrected chi connectivity index (χ1v) is 6.04. The zero-order valence-electron chi connectivity index (χ0n) is 11.1. The van der Waals surface area contributed by atoms with Crippen molar-refractivity contribution in [2.75, 3.05) is 32.0 Å². The summed E-state index contributed by atoms with van der Waals surface area (Å²) in [6, 6.07) is 9.14. The molecule has 2 amide bonds. The van der Waals surface area contributed by atoms with E-state index in [0.29, 0.717) is 6.54 Å². The highest BCUT2D eigenvalue weighted by molar-refractivity contribution is 5.94. The van der Waals surface area contributed by atoms with Crippen molar-refractivity contribution in [1.82, 2.24) is 10.2 Å². The van der Waals surface area contributed by atoms with Crippen LogP contribution in [0.5, 0.6) is 0 Å². The molecule has 0 aliphatic heterocycles. The van der Waals surface area contributed by atoms with Gasteiger partial charge in [-0.25, -0.2) is 0 Å². The summed E-state index contributed by atoms with van der Waals surface area (Å²) in [5.74, 6) is -0.351. The van der Waals surface area contributed by atoms with Crippen LogP contribution in [0.3, 0.4) is 0 Å². The molecule has 0 atom stereocenters. The van der Waals surface area contributed by atoms with Crippen LogP contribution in [0.4, 0.5) is 5.69 Å². The molecule has 0 aliphatic carbocycles. The zero-order chi connectivity index (χ0) is 14.1. The molecule has 2 N–H and O–H groups in total. The predicted octanol–water partition coefficient (Wildman–Crippen LogP) is 0.859. The summed E-state index contributed by atoms with van der Waals surface area (Å²) in [6.45, 7) is 4.34. The van der Waals surface area contributed by atoms with Crippen LogP contribution in [0.25, 0.3) is 0 Å². The van der Waals surface area contributed by atoms with Crippen molar-refractivity contribution in [3.63, 3.8) is 0 Å². The summed E-state index contributed by atoms with van der Waals surface area (Å²) >= 11 is 0. The van der Waals surface area contributed by atoms with Crippen molar-refractivity contribution in [1.29, 1.82) is 0 Å². The van der Waals surface area contributed by atoms with Crippen molar-refractivity contribution in [3.05, 3.63) is 43.0 Å². The van der Waals surface area contributed by atoms with Crippen LogP contribution in [0.15, 0.2) is 43.0 Å². The van der Waals surface area contributed by atoms with Gasteiger partial charge in [0, 0.05) is 19.3 Å². The number of rotatable bonds is 7. The second-order valence-electron chi connectivity index (χ2n) is 4.08. The maximum atomic E-state index is 11.7. The molecule has 0 heterocycles. The second kappa shape index (κ2) is 8.05. The average Bonchev–Trinajstić information content (AvgIpc) is 2.39. The lowest BCUT2D eigenvalue weighted by Gasteiger charge is -2.16. The van der Waals surface area contributed by atoms with Crippen molar-refractivity contribution in [3.8, 4) is 0 Å². The monoisotopic (exact) mass is 261 g/mol. The topological polar surface area (TPSA) is 61.4 Å². The molecule has 1 aromatic carbocycles. The van der Waals surface area contributed by atoms with Gasteiger partial charge in [-0.05, 0) is 12.1 Å². The lowest BCUT2D eigenvalue weighted by atomic mass is 10.3. The molecule has 0 spiro atoms. The maximum Gasteiger partial charge on any atom is 0.243 e. The molecule has 102 valence electrons. The highest BCUT2D eigenvalue weighted by Crippen LogP contribution is 2.04. The van der Waals surface area contributed by atoms with Gasteiger partial charge in [0.05, 0.1) is 13.1 Å². The van der Waals surface area contributed by atoms with E-state index in [1.165, 1.54) is 4.90 Å². The third-order valence-electron chi connectivity index (χ3n) is 2.43. The van der Waals surface area contributed by atoms with Gasteiger partial charge in [0.1, 0.15) is 0 Å². The van der Waals surface area contributed by atoms with Gasteiger partial charge in [0.15, 0.2) is 0 Å². The van der Waals surface area contributed by atoms with E-state index < -0.39 is 0 Å². The molecule has 0 saturated heterocycles. The van der Waals surface area contributed by atoms with Crippen LogP contribution in [0.2, 0.25) is 0 Å².